The highest BCUT2D eigenvalue weighted by Gasteiger charge is 2.39. The lowest BCUT2D eigenvalue weighted by molar-refractivity contribution is 0.203. The second-order valence-electron chi connectivity index (χ2n) is 7.38. The SMILES string of the molecule is C/C(=C\c1ccccc1)[C@@H]1C[C@H]1NC1CCC(N(C)C)CC1. The van der Waals surface area contributed by atoms with E-state index in [9.17, 15) is 0 Å². The van der Waals surface area contributed by atoms with Crippen molar-refractivity contribution in [3.05, 3.63) is 41.5 Å². The normalized spacial score (nSPS) is 32.3. The number of hydrogen-bond acceptors (Lipinski definition) is 2. The average molecular weight is 298 g/mol. The van der Waals surface area contributed by atoms with Crippen molar-refractivity contribution in [2.75, 3.05) is 14.1 Å². The molecule has 2 fully saturated rings. The number of rotatable bonds is 5. The molecule has 2 aliphatic rings. The third-order valence-corrected chi connectivity index (χ3v) is 5.45. The summed E-state index contributed by atoms with van der Waals surface area (Å²) in [7, 11) is 4.43. The van der Waals surface area contributed by atoms with Gasteiger partial charge in [0.2, 0.25) is 0 Å². The maximum atomic E-state index is 3.91. The van der Waals surface area contributed by atoms with Gasteiger partial charge in [0.25, 0.3) is 0 Å². The van der Waals surface area contributed by atoms with Gasteiger partial charge in [-0.15, -0.1) is 0 Å². The summed E-state index contributed by atoms with van der Waals surface area (Å²) >= 11 is 0. The van der Waals surface area contributed by atoms with E-state index in [1.54, 1.807) is 0 Å². The Bertz CT molecular complexity index is 498. The van der Waals surface area contributed by atoms with Crippen molar-refractivity contribution in [1.82, 2.24) is 10.2 Å². The lowest BCUT2D eigenvalue weighted by Gasteiger charge is -2.33. The molecule has 0 aromatic heterocycles. The fraction of sp³-hybridized carbons (Fsp3) is 0.600. The first kappa shape index (κ1) is 15.8. The Kier molecular flexibility index (Phi) is 5.00. The van der Waals surface area contributed by atoms with Gasteiger partial charge in [0, 0.05) is 18.1 Å². The fourth-order valence-electron chi connectivity index (χ4n) is 3.86. The van der Waals surface area contributed by atoms with E-state index in [0.717, 1.165) is 24.0 Å². The first-order valence-electron chi connectivity index (χ1n) is 8.79. The molecule has 3 rings (SSSR count). The molecule has 0 heterocycles. The Labute approximate surface area is 135 Å². The molecule has 1 N–H and O–H groups in total. The number of nitrogens with one attached hydrogen (secondary N) is 1. The summed E-state index contributed by atoms with van der Waals surface area (Å²) in [4.78, 5) is 2.39. The van der Waals surface area contributed by atoms with E-state index in [-0.39, 0.29) is 0 Å². The summed E-state index contributed by atoms with van der Waals surface area (Å²) in [6.45, 7) is 2.29. The quantitative estimate of drug-likeness (QED) is 0.885. The van der Waals surface area contributed by atoms with Crippen LogP contribution in [0.4, 0.5) is 0 Å². The molecule has 2 saturated carbocycles. The summed E-state index contributed by atoms with van der Waals surface area (Å²) in [5.74, 6) is 0.756. The monoisotopic (exact) mass is 298 g/mol. The molecular weight excluding hydrogens is 268 g/mol. The highest BCUT2D eigenvalue weighted by Crippen LogP contribution is 2.39. The maximum Gasteiger partial charge on any atom is 0.0142 e. The molecule has 2 atom stereocenters. The Morgan fingerprint density at radius 2 is 1.77 bits per heavy atom. The smallest absolute Gasteiger partial charge is 0.0142 e. The largest absolute Gasteiger partial charge is 0.311 e. The summed E-state index contributed by atoms with van der Waals surface area (Å²) in [6.07, 6.45) is 9.06. The molecular formula is C20H30N2. The second-order valence-corrected chi connectivity index (χ2v) is 7.38. The van der Waals surface area contributed by atoms with Crippen LogP contribution in [0.2, 0.25) is 0 Å². The summed E-state index contributed by atoms with van der Waals surface area (Å²) < 4.78 is 0. The van der Waals surface area contributed by atoms with Crippen LogP contribution < -0.4 is 5.32 Å². The predicted octanol–water partition coefficient (Wildman–Crippen LogP) is 3.94. The van der Waals surface area contributed by atoms with E-state index in [4.69, 9.17) is 0 Å². The Morgan fingerprint density at radius 1 is 1.09 bits per heavy atom. The third-order valence-electron chi connectivity index (χ3n) is 5.45. The van der Waals surface area contributed by atoms with Gasteiger partial charge in [0.1, 0.15) is 0 Å². The molecule has 2 nitrogen and oxygen atoms in total. The summed E-state index contributed by atoms with van der Waals surface area (Å²) in [5, 5.41) is 3.91. The van der Waals surface area contributed by atoms with Gasteiger partial charge < -0.3 is 10.2 Å². The van der Waals surface area contributed by atoms with Crippen LogP contribution in [0.25, 0.3) is 6.08 Å². The molecule has 2 aliphatic carbocycles. The van der Waals surface area contributed by atoms with Gasteiger partial charge in [0.05, 0.1) is 0 Å². The van der Waals surface area contributed by atoms with Crippen molar-refractivity contribution in [2.45, 2.75) is 57.2 Å². The molecule has 0 radical (unpaired) electrons. The minimum Gasteiger partial charge on any atom is -0.311 e. The van der Waals surface area contributed by atoms with Crippen LogP contribution in [0.15, 0.2) is 35.9 Å². The van der Waals surface area contributed by atoms with E-state index in [1.807, 2.05) is 0 Å². The lowest BCUT2D eigenvalue weighted by atomic mass is 9.90. The molecule has 0 aliphatic heterocycles. The molecule has 0 spiro atoms. The predicted molar refractivity (Wildman–Crippen MR) is 94.9 cm³/mol. The van der Waals surface area contributed by atoms with Gasteiger partial charge in [0.15, 0.2) is 0 Å². The third kappa shape index (κ3) is 3.99. The first-order valence-corrected chi connectivity index (χ1v) is 8.79. The standard InChI is InChI=1S/C20H30N2/c1-15(13-16-7-5-4-6-8-16)19-14-20(19)21-17-9-11-18(12-10-17)22(2)3/h4-8,13,17-21H,9-12,14H2,1-3H3/b15-13+/t17?,18?,19-,20+/m0/s1. The molecule has 0 amide bonds. The lowest BCUT2D eigenvalue weighted by Crippen LogP contribution is -2.40. The fourth-order valence-corrected chi connectivity index (χ4v) is 3.86. The highest BCUT2D eigenvalue weighted by atomic mass is 15.1. The van der Waals surface area contributed by atoms with Crippen LogP contribution in [0.3, 0.4) is 0 Å². The van der Waals surface area contributed by atoms with Crippen LogP contribution in [-0.4, -0.2) is 37.1 Å². The van der Waals surface area contributed by atoms with Crippen LogP contribution in [-0.2, 0) is 0 Å². The van der Waals surface area contributed by atoms with Crippen molar-refractivity contribution in [3.63, 3.8) is 0 Å². The molecule has 1 aromatic carbocycles. The van der Waals surface area contributed by atoms with Gasteiger partial charge in [-0.3, -0.25) is 0 Å². The zero-order chi connectivity index (χ0) is 15.5. The van der Waals surface area contributed by atoms with E-state index >= 15 is 0 Å². The van der Waals surface area contributed by atoms with Crippen LogP contribution in [0.1, 0.15) is 44.6 Å². The summed E-state index contributed by atoms with van der Waals surface area (Å²) in [5.41, 5.74) is 2.86. The van der Waals surface area contributed by atoms with Crippen LogP contribution in [0, 0.1) is 5.92 Å². The topological polar surface area (TPSA) is 15.3 Å². The molecule has 22 heavy (non-hydrogen) atoms. The van der Waals surface area contributed by atoms with Gasteiger partial charge in [-0.1, -0.05) is 42.0 Å². The molecule has 0 bridgehead atoms. The molecule has 2 heteroatoms. The minimum absolute atomic E-state index is 0.723. The van der Waals surface area contributed by atoms with Crippen molar-refractivity contribution in [2.24, 2.45) is 5.92 Å². The molecule has 120 valence electrons. The Balaban J connectivity index is 1.46. The minimum atomic E-state index is 0.723. The second kappa shape index (κ2) is 6.97. The van der Waals surface area contributed by atoms with E-state index in [1.165, 1.54) is 43.2 Å². The molecule has 0 unspecified atom stereocenters. The highest BCUT2D eigenvalue weighted by molar-refractivity contribution is 5.53. The first-order chi connectivity index (χ1) is 10.6. The van der Waals surface area contributed by atoms with Crippen molar-refractivity contribution < 1.29 is 0 Å². The van der Waals surface area contributed by atoms with E-state index < -0.39 is 0 Å². The van der Waals surface area contributed by atoms with Gasteiger partial charge in [-0.2, -0.15) is 0 Å². The number of benzene rings is 1. The zero-order valence-corrected chi connectivity index (χ0v) is 14.3. The van der Waals surface area contributed by atoms with E-state index in [0.29, 0.717) is 0 Å². The Morgan fingerprint density at radius 3 is 2.41 bits per heavy atom. The zero-order valence-electron chi connectivity index (χ0n) is 14.3. The van der Waals surface area contributed by atoms with Crippen molar-refractivity contribution in [3.8, 4) is 0 Å². The molecule has 0 saturated heterocycles. The van der Waals surface area contributed by atoms with Gasteiger partial charge >= 0.3 is 0 Å². The van der Waals surface area contributed by atoms with Gasteiger partial charge in [-0.05, 0) is 64.6 Å². The Hall–Kier alpha value is -1.12. The van der Waals surface area contributed by atoms with Crippen molar-refractivity contribution >= 4 is 6.08 Å². The maximum absolute atomic E-state index is 3.91. The van der Waals surface area contributed by atoms with Crippen LogP contribution >= 0.6 is 0 Å². The van der Waals surface area contributed by atoms with E-state index in [2.05, 4.69) is 67.6 Å². The van der Waals surface area contributed by atoms with Crippen molar-refractivity contribution in [1.29, 1.82) is 0 Å². The number of nitrogens with zero attached hydrogens (tertiary/aromatic N) is 1. The van der Waals surface area contributed by atoms with Gasteiger partial charge in [-0.25, -0.2) is 0 Å². The summed E-state index contributed by atoms with van der Waals surface area (Å²) in [6, 6.07) is 13.0. The number of hydrogen-bond donors (Lipinski definition) is 1. The molecule has 1 aromatic rings. The van der Waals surface area contributed by atoms with Crippen LogP contribution in [0.5, 0.6) is 0 Å². The average Bonchev–Trinajstić information content (AvgIpc) is 3.28.